The third-order valence-electron chi connectivity index (χ3n) is 3.45. The summed E-state index contributed by atoms with van der Waals surface area (Å²) in [6.45, 7) is 3.98. The number of aryl methyl sites for hydroxylation is 2. The highest BCUT2D eigenvalue weighted by Crippen LogP contribution is 2.31. The number of rotatable bonds is 3. The van der Waals surface area contributed by atoms with E-state index in [0.717, 1.165) is 21.7 Å². The zero-order valence-corrected chi connectivity index (χ0v) is 14.3. The van der Waals surface area contributed by atoms with E-state index in [-0.39, 0.29) is 5.91 Å². The molecule has 1 aromatic heterocycles. The molecule has 0 saturated heterocycles. The molecule has 2 aromatic carbocycles. The summed E-state index contributed by atoms with van der Waals surface area (Å²) in [6.07, 6.45) is 0. The first-order valence-electron chi connectivity index (χ1n) is 7.14. The zero-order valence-electron chi connectivity index (χ0n) is 12.8. The lowest BCUT2D eigenvalue weighted by atomic mass is 10.1. The van der Waals surface area contributed by atoms with E-state index in [2.05, 4.69) is 10.3 Å². The summed E-state index contributed by atoms with van der Waals surface area (Å²) in [5.74, 6) is -0.151. The molecule has 3 nitrogen and oxygen atoms in total. The summed E-state index contributed by atoms with van der Waals surface area (Å²) < 4.78 is 0. The van der Waals surface area contributed by atoms with E-state index in [1.54, 1.807) is 0 Å². The van der Waals surface area contributed by atoms with Crippen LogP contribution in [0.4, 0.5) is 5.13 Å². The first-order chi connectivity index (χ1) is 11.0. The van der Waals surface area contributed by atoms with Gasteiger partial charge in [0, 0.05) is 21.0 Å². The summed E-state index contributed by atoms with van der Waals surface area (Å²) in [5, 5.41) is 4.15. The molecule has 0 saturated carbocycles. The molecule has 0 bridgehead atoms. The van der Waals surface area contributed by atoms with Gasteiger partial charge in [0.15, 0.2) is 5.13 Å². The Labute approximate surface area is 144 Å². The number of carbonyl (C=O) groups excluding carboxylic acids is 1. The summed E-state index contributed by atoms with van der Waals surface area (Å²) in [4.78, 5) is 17.8. The lowest BCUT2D eigenvalue weighted by Crippen LogP contribution is -2.11. The average Bonchev–Trinajstić information content (AvgIpc) is 2.89. The first kappa shape index (κ1) is 15.7. The fourth-order valence-electron chi connectivity index (χ4n) is 2.20. The number of amides is 1. The predicted octanol–water partition coefficient (Wildman–Crippen LogP) is 5.33. The number of hydrogen-bond acceptors (Lipinski definition) is 3. The van der Waals surface area contributed by atoms with Crippen molar-refractivity contribution in [1.82, 2.24) is 4.98 Å². The van der Waals surface area contributed by atoms with Crippen LogP contribution in [0.15, 0.2) is 48.5 Å². The summed E-state index contributed by atoms with van der Waals surface area (Å²) in [7, 11) is 0. The monoisotopic (exact) mass is 342 g/mol. The largest absolute Gasteiger partial charge is 0.298 e. The van der Waals surface area contributed by atoms with E-state index >= 15 is 0 Å². The number of halogens is 1. The highest BCUT2D eigenvalue weighted by atomic mass is 35.5. The molecule has 3 aromatic rings. The molecule has 0 aliphatic heterocycles. The van der Waals surface area contributed by atoms with Crippen LogP contribution in [0.25, 0.3) is 11.3 Å². The summed E-state index contributed by atoms with van der Waals surface area (Å²) in [6, 6.07) is 15.0. The molecule has 0 unspecified atom stereocenters. The Hall–Kier alpha value is -2.17. The second kappa shape index (κ2) is 6.52. The third-order valence-corrected chi connectivity index (χ3v) is 4.59. The Morgan fingerprint density at radius 3 is 2.35 bits per heavy atom. The topological polar surface area (TPSA) is 42.0 Å². The van der Waals surface area contributed by atoms with Crippen LogP contribution in [0.1, 0.15) is 20.8 Å². The molecular formula is C18H15ClN2OS. The van der Waals surface area contributed by atoms with Crippen LogP contribution in [0.3, 0.4) is 0 Å². The molecule has 23 heavy (non-hydrogen) atoms. The number of anilines is 1. The van der Waals surface area contributed by atoms with Gasteiger partial charge in [0.1, 0.15) is 0 Å². The van der Waals surface area contributed by atoms with Gasteiger partial charge in [0.05, 0.1) is 5.69 Å². The van der Waals surface area contributed by atoms with E-state index in [1.165, 1.54) is 11.3 Å². The Morgan fingerprint density at radius 2 is 1.70 bits per heavy atom. The van der Waals surface area contributed by atoms with E-state index in [0.29, 0.717) is 15.7 Å². The van der Waals surface area contributed by atoms with Crippen molar-refractivity contribution in [3.8, 4) is 11.3 Å². The van der Waals surface area contributed by atoms with Gasteiger partial charge in [-0.15, -0.1) is 11.3 Å². The van der Waals surface area contributed by atoms with Crippen molar-refractivity contribution in [1.29, 1.82) is 0 Å². The van der Waals surface area contributed by atoms with E-state index in [9.17, 15) is 4.79 Å². The fourth-order valence-corrected chi connectivity index (χ4v) is 3.16. The van der Waals surface area contributed by atoms with Crippen molar-refractivity contribution in [3.63, 3.8) is 0 Å². The number of nitrogens with one attached hydrogen (secondary N) is 1. The van der Waals surface area contributed by atoms with Gasteiger partial charge in [-0.3, -0.25) is 10.1 Å². The Morgan fingerprint density at radius 1 is 1.04 bits per heavy atom. The molecule has 0 radical (unpaired) electrons. The second-order valence-electron chi connectivity index (χ2n) is 5.25. The summed E-state index contributed by atoms with van der Waals surface area (Å²) in [5.41, 5.74) is 3.60. The van der Waals surface area contributed by atoms with Gasteiger partial charge in [-0.1, -0.05) is 41.4 Å². The number of aromatic nitrogens is 1. The van der Waals surface area contributed by atoms with Crippen molar-refractivity contribution >= 4 is 34.0 Å². The average molecular weight is 343 g/mol. The number of thiazole rings is 1. The maximum atomic E-state index is 12.3. The van der Waals surface area contributed by atoms with Crippen molar-refractivity contribution in [2.75, 3.05) is 5.32 Å². The first-order valence-corrected chi connectivity index (χ1v) is 8.34. The Kier molecular flexibility index (Phi) is 4.46. The third kappa shape index (κ3) is 3.60. The number of hydrogen-bond donors (Lipinski definition) is 1. The van der Waals surface area contributed by atoms with Gasteiger partial charge >= 0.3 is 0 Å². The molecule has 1 amide bonds. The van der Waals surface area contributed by atoms with Crippen molar-refractivity contribution in [2.45, 2.75) is 13.8 Å². The molecule has 0 spiro atoms. The Balaban J connectivity index is 1.82. The maximum absolute atomic E-state index is 12.3. The molecule has 0 aliphatic carbocycles. The van der Waals surface area contributed by atoms with Gasteiger partial charge in [-0.25, -0.2) is 4.98 Å². The van der Waals surface area contributed by atoms with Crippen LogP contribution in [0.5, 0.6) is 0 Å². The van der Waals surface area contributed by atoms with Crippen molar-refractivity contribution in [3.05, 3.63) is 69.6 Å². The number of carbonyl (C=O) groups is 1. The maximum Gasteiger partial charge on any atom is 0.257 e. The van der Waals surface area contributed by atoms with Gasteiger partial charge < -0.3 is 0 Å². The quantitative estimate of drug-likeness (QED) is 0.698. The van der Waals surface area contributed by atoms with Gasteiger partial charge in [-0.2, -0.15) is 0 Å². The van der Waals surface area contributed by atoms with E-state index in [4.69, 9.17) is 11.6 Å². The predicted molar refractivity (Wildman–Crippen MR) is 96.4 cm³/mol. The molecule has 0 fully saturated rings. The minimum Gasteiger partial charge on any atom is -0.298 e. The SMILES string of the molecule is Cc1ccc(C(=O)Nc2nc(-c3ccc(Cl)cc3)c(C)s2)cc1. The van der Waals surface area contributed by atoms with E-state index in [1.807, 2.05) is 62.4 Å². The molecule has 0 atom stereocenters. The highest BCUT2D eigenvalue weighted by Gasteiger charge is 2.13. The molecule has 1 N–H and O–H groups in total. The molecule has 3 rings (SSSR count). The lowest BCUT2D eigenvalue weighted by molar-refractivity contribution is 0.102. The van der Waals surface area contributed by atoms with Crippen LogP contribution >= 0.6 is 22.9 Å². The van der Waals surface area contributed by atoms with Crippen LogP contribution < -0.4 is 5.32 Å². The minimum atomic E-state index is -0.151. The van der Waals surface area contributed by atoms with Crippen LogP contribution in [0, 0.1) is 13.8 Å². The van der Waals surface area contributed by atoms with Gasteiger partial charge in [-0.05, 0) is 38.1 Å². The molecule has 0 aliphatic rings. The normalized spacial score (nSPS) is 10.6. The fraction of sp³-hybridized carbons (Fsp3) is 0.111. The second-order valence-corrected chi connectivity index (χ2v) is 6.89. The van der Waals surface area contributed by atoms with Crippen LogP contribution in [-0.2, 0) is 0 Å². The highest BCUT2D eigenvalue weighted by molar-refractivity contribution is 7.16. The molecular weight excluding hydrogens is 328 g/mol. The number of nitrogens with zero attached hydrogens (tertiary/aromatic N) is 1. The van der Waals surface area contributed by atoms with Crippen molar-refractivity contribution in [2.24, 2.45) is 0 Å². The minimum absolute atomic E-state index is 0.151. The molecule has 1 heterocycles. The van der Waals surface area contributed by atoms with E-state index < -0.39 is 0 Å². The van der Waals surface area contributed by atoms with Crippen LogP contribution in [-0.4, -0.2) is 10.9 Å². The standard InChI is InChI=1S/C18H15ClN2OS/c1-11-3-5-14(6-4-11)17(22)21-18-20-16(12(2)23-18)13-7-9-15(19)10-8-13/h3-10H,1-2H3,(H,20,21,22). The molecule has 116 valence electrons. The van der Waals surface area contributed by atoms with Gasteiger partial charge in [0.2, 0.25) is 0 Å². The van der Waals surface area contributed by atoms with Gasteiger partial charge in [0.25, 0.3) is 5.91 Å². The van der Waals surface area contributed by atoms with Crippen LogP contribution in [0.2, 0.25) is 5.02 Å². The summed E-state index contributed by atoms with van der Waals surface area (Å²) >= 11 is 7.38. The molecule has 5 heteroatoms. The smallest absolute Gasteiger partial charge is 0.257 e. The lowest BCUT2D eigenvalue weighted by Gasteiger charge is -2.02. The zero-order chi connectivity index (χ0) is 16.4. The van der Waals surface area contributed by atoms with Crippen molar-refractivity contribution < 1.29 is 4.79 Å². The Bertz CT molecular complexity index is 838. The number of benzene rings is 2.